The Hall–Kier alpha value is -1.52. The van der Waals surface area contributed by atoms with Crippen molar-refractivity contribution in [2.45, 2.75) is 39.0 Å². The summed E-state index contributed by atoms with van der Waals surface area (Å²) >= 11 is 11.8. The molecule has 126 valence electrons. The molecular formula is C17H20Cl2O4. The Morgan fingerprint density at radius 1 is 1.13 bits per heavy atom. The molecule has 0 saturated heterocycles. The number of hydrogen-bond donors (Lipinski definition) is 0. The molecule has 0 aliphatic carbocycles. The summed E-state index contributed by atoms with van der Waals surface area (Å²) in [5, 5.41) is 0.512. The highest BCUT2D eigenvalue weighted by Gasteiger charge is 2.11. The minimum atomic E-state index is -0.468. The van der Waals surface area contributed by atoms with Crippen molar-refractivity contribution in [2.75, 3.05) is 6.61 Å². The van der Waals surface area contributed by atoms with Gasteiger partial charge in [-0.15, -0.1) is 0 Å². The molecule has 0 unspecified atom stereocenters. The van der Waals surface area contributed by atoms with E-state index >= 15 is 0 Å². The molecule has 0 fully saturated rings. The number of allylic oxidation sites excluding steroid dienone is 1. The molecule has 6 heteroatoms. The Labute approximate surface area is 146 Å². The number of carbonyl (C=O) groups excluding carboxylic acids is 2. The molecule has 4 nitrogen and oxygen atoms in total. The lowest BCUT2D eigenvalue weighted by atomic mass is 10.2. The van der Waals surface area contributed by atoms with Gasteiger partial charge < -0.3 is 9.47 Å². The van der Waals surface area contributed by atoms with Crippen LogP contribution in [0.15, 0.2) is 30.4 Å². The second-order valence-corrected chi connectivity index (χ2v) is 5.61. The van der Waals surface area contributed by atoms with Crippen LogP contribution >= 0.6 is 23.2 Å². The van der Waals surface area contributed by atoms with Crippen LogP contribution in [0.1, 0.15) is 39.0 Å². The number of halogens is 2. The lowest BCUT2D eigenvalue weighted by Gasteiger charge is -2.07. The molecule has 0 N–H and O–H groups in total. The Balaban J connectivity index is 2.23. The molecular weight excluding hydrogens is 339 g/mol. The first kappa shape index (κ1) is 19.5. The number of rotatable bonds is 9. The molecule has 0 bridgehead atoms. The molecule has 0 aliphatic heterocycles. The van der Waals surface area contributed by atoms with Crippen molar-refractivity contribution < 1.29 is 19.1 Å². The first-order chi connectivity index (χ1) is 11.0. The summed E-state index contributed by atoms with van der Waals surface area (Å²) in [6.45, 7) is 2.34. The minimum Gasteiger partial charge on any atom is -0.461 e. The number of hydrogen-bond acceptors (Lipinski definition) is 4. The monoisotopic (exact) mass is 358 g/mol. The predicted molar refractivity (Wildman–Crippen MR) is 91.0 cm³/mol. The summed E-state index contributed by atoms with van der Waals surface area (Å²) in [7, 11) is 0. The molecule has 23 heavy (non-hydrogen) atoms. The fourth-order valence-corrected chi connectivity index (χ4v) is 2.01. The number of unbranched alkanes of at least 4 members (excludes halogenated alkanes) is 1. The van der Waals surface area contributed by atoms with Gasteiger partial charge in [0, 0.05) is 12.8 Å². The van der Waals surface area contributed by atoms with E-state index in [0.717, 1.165) is 12.8 Å². The van der Waals surface area contributed by atoms with Crippen molar-refractivity contribution in [3.05, 3.63) is 40.4 Å². The third kappa shape index (κ3) is 8.05. The maximum atomic E-state index is 11.7. The molecule has 0 radical (unpaired) electrons. The molecule has 0 aromatic heterocycles. The first-order valence-corrected chi connectivity index (χ1v) is 8.25. The van der Waals surface area contributed by atoms with Crippen LogP contribution in [0.25, 0.3) is 0 Å². The summed E-state index contributed by atoms with van der Waals surface area (Å²) in [5.41, 5.74) is 0. The second-order valence-electron chi connectivity index (χ2n) is 4.82. The fraction of sp³-hybridized carbons (Fsp3) is 0.412. The molecule has 0 saturated carbocycles. The highest BCUT2D eigenvalue weighted by molar-refractivity contribution is 6.43. The van der Waals surface area contributed by atoms with E-state index in [2.05, 4.69) is 6.92 Å². The average Bonchev–Trinajstić information content (AvgIpc) is 2.51. The molecule has 1 aromatic carbocycles. The second kappa shape index (κ2) is 11.1. The standard InChI is InChI=1S/C17H20Cl2O4/c1-2-3-4-5-12-22-15(20)10-7-11-16(21)23-14-9-6-8-13(18)17(14)19/h4-6,8-9H,2-3,7,10-12H2,1H3/b5-4+. The third-order valence-corrected chi connectivity index (χ3v) is 3.67. The van der Waals surface area contributed by atoms with Gasteiger partial charge in [-0.05, 0) is 25.0 Å². The number of carbonyl (C=O) groups is 2. The van der Waals surface area contributed by atoms with Crippen molar-refractivity contribution in [1.82, 2.24) is 0 Å². The van der Waals surface area contributed by atoms with Gasteiger partial charge in [0.25, 0.3) is 0 Å². The van der Waals surface area contributed by atoms with Crippen LogP contribution in [0.3, 0.4) is 0 Å². The van der Waals surface area contributed by atoms with Crippen molar-refractivity contribution >= 4 is 35.1 Å². The van der Waals surface area contributed by atoms with E-state index in [-0.39, 0.29) is 36.2 Å². The molecule has 0 heterocycles. The van der Waals surface area contributed by atoms with E-state index in [1.165, 1.54) is 0 Å². The zero-order valence-electron chi connectivity index (χ0n) is 13.0. The minimum absolute atomic E-state index is 0.101. The number of benzene rings is 1. The molecule has 0 aliphatic rings. The van der Waals surface area contributed by atoms with E-state index in [1.54, 1.807) is 18.2 Å². The summed E-state index contributed by atoms with van der Waals surface area (Å²) in [5.74, 6) is -0.586. The highest BCUT2D eigenvalue weighted by atomic mass is 35.5. The Bertz CT molecular complexity index is 556. The lowest BCUT2D eigenvalue weighted by Crippen LogP contribution is -2.10. The Morgan fingerprint density at radius 3 is 2.61 bits per heavy atom. The van der Waals surface area contributed by atoms with Crippen molar-refractivity contribution in [3.8, 4) is 5.75 Å². The first-order valence-electron chi connectivity index (χ1n) is 7.50. The topological polar surface area (TPSA) is 52.6 Å². The van der Waals surface area contributed by atoms with Crippen molar-refractivity contribution in [1.29, 1.82) is 0 Å². The molecule has 0 amide bonds. The lowest BCUT2D eigenvalue weighted by molar-refractivity contribution is -0.142. The molecule has 0 atom stereocenters. The summed E-state index contributed by atoms with van der Waals surface area (Å²) < 4.78 is 10.1. The molecule has 1 rings (SSSR count). The van der Waals surface area contributed by atoms with Crippen LogP contribution in [-0.2, 0) is 14.3 Å². The Morgan fingerprint density at radius 2 is 1.87 bits per heavy atom. The molecule has 1 aromatic rings. The highest BCUT2D eigenvalue weighted by Crippen LogP contribution is 2.31. The SMILES string of the molecule is CCC/C=C/COC(=O)CCCC(=O)Oc1cccc(Cl)c1Cl. The summed E-state index contributed by atoms with van der Waals surface area (Å²) in [4.78, 5) is 23.2. The van der Waals surface area contributed by atoms with Gasteiger partial charge in [-0.3, -0.25) is 9.59 Å². The van der Waals surface area contributed by atoms with Gasteiger partial charge in [0.05, 0.1) is 5.02 Å². The van der Waals surface area contributed by atoms with Crippen molar-refractivity contribution in [2.24, 2.45) is 0 Å². The predicted octanol–water partition coefficient (Wildman–Crippen LogP) is 4.97. The van der Waals surface area contributed by atoms with Gasteiger partial charge in [-0.2, -0.15) is 0 Å². The number of ether oxygens (including phenoxy) is 2. The largest absolute Gasteiger partial charge is 0.461 e. The Kier molecular flexibility index (Phi) is 9.41. The van der Waals surface area contributed by atoms with Gasteiger partial charge in [0.2, 0.25) is 0 Å². The quantitative estimate of drug-likeness (QED) is 0.355. The van der Waals surface area contributed by atoms with Crippen molar-refractivity contribution in [3.63, 3.8) is 0 Å². The summed E-state index contributed by atoms with van der Waals surface area (Å²) in [6.07, 6.45) is 6.44. The smallest absolute Gasteiger partial charge is 0.311 e. The van der Waals surface area contributed by atoms with Crippen LogP contribution in [0.5, 0.6) is 5.75 Å². The van der Waals surface area contributed by atoms with Crippen LogP contribution in [0, 0.1) is 0 Å². The van der Waals surface area contributed by atoms with E-state index in [0.29, 0.717) is 11.4 Å². The number of esters is 2. The maximum absolute atomic E-state index is 11.7. The van der Waals surface area contributed by atoms with E-state index < -0.39 is 5.97 Å². The van der Waals surface area contributed by atoms with Gasteiger partial charge in [-0.1, -0.05) is 54.8 Å². The normalized spacial score (nSPS) is 10.7. The van der Waals surface area contributed by atoms with Gasteiger partial charge in [0.1, 0.15) is 11.6 Å². The van der Waals surface area contributed by atoms with Gasteiger partial charge in [0.15, 0.2) is 5.75 Å². The zero-order chi connectivity index (χ0) is 17.1. The van der Waals surface area contributed by atoms with Crippen LogP contribution < -0.4 is 4.74 Å². The third-order valence-electron chi connectivity index (χ3n) is 2.86. The van der Waals surface area contributed by atoms with E-state index in [1.807, 2.05) is 12.2 Å². The van der Waals surface area contributed by atoms with E-state index in [4.69, 9.17) is 32.7 Å². The van der Waals surface area contributed by atoms with Gasteiger partial charge >= 0.3 is 11.9 Å². The zero-order valence-corrected chi connectivity index (χ0v) is 14.5. The average molecular weight is 359 g/mol. The van der Waals surface area contributed by atoms with Crippen LogP contribution in [0.2, 0.25) is 10.0 Å². The van der Waals surface area contributed by atoms with Crippen LogP contribution in [-0.4, -0.2) is 18.5 Å². The summed E-state index contributed by atoms with van der Waals surface area (Å²) in [6, 6.07) is 4.80. The maximum Gasteiger partial charge on any atom is 0.311 e. The van der Waals surface area contributed by atoms with Crippen LogP contribution in [0.4, 0.5) is 0 Å². The van der Waals surface area contributed by atoms with E-state index in [9.17, 15) is 9.59 Å². The molecule has 0 spiro atoms. The van der Waals surface area contributed by atoms with Gasteiger partial charge in [-0.25, -0.2) is 0 Å². The fourth-order valence-electron chi connectivity index (χ4n) is 1.68.